The summed E-state index contributed by atoms with van der Waals surface area (Å²) in [7, 11) is -3.63. The molecule has 126 valence electrons. The molecule has 0 amide bonds. The number of rotatable bonds is 4. The van der Waals surface area contributed by atoms with Crippen LogP contribution in [-0.4, -0.2) is 53.0 Å². The number of hydrogen-bond acceptors (Lipinski definition) is 6. The molecule has 4 rings (SSSR count). The molecule has 9 heteroatoms. The molecular formula is C15H18N6O2S. The normalized spacial score (nSPS) is 22.7. The third-order valence-corrected chi connectivity index (χ3v) is 5.76. The minimum atomic E-state index is -3.63. The van der Waals surface area contributed by atoms with Crippen LogP contribution in [0, 0.1) is 0 Å². The van der Waals surface area contributed by atoms with E-state index in [0.717, 1.165) is 25.9 Å². The van der Waals surface area contributed by atoms with E-state index in [-0.39, 0.29) is 4.90 Å². The molecule has 1 unspecified atom stereocenters. The van der Waals surface area contributed by atoms with E-state index in [4.69, 9.17) is 0 Å². The van der Waals surface area contributed by atoms with Crippen molar-refractivity contribution in [3.63, 3.8) is 0 Å². The van der Waals surface area contributed by atoms with Gasteiger partial charge in [0.05, 0.1) is 18.8 Å². The Morgan fingerprint density at radius 1 is 1.29 bits per heavy atom. The molecule has 24 heavy (non-hydrogen) atoms. The fraction of sp³-hybridized carbons (Fsp3) is 0.400. The van der Waals surface area contributed by atoms with Gasteiger partial charge in [0.15, 0.2) is 0 Å². The number of likely N-dealkylation sites (tertiary alicyclic amines) is 1. The number of sulfonamides is 1. The van der Waals surface area contributed by atoms with Gasteiger partial charge in [-0.05, 0) is 31.5 Å². The van der Waals surface area contributed by atoms with Gasteiger partial charge < -0.3 is 5.32 Å². The van der Waals surface area contributed by atoms with E-state index in [0.29, 0.717) is 24.1 Å². The maximum Gasteiger partial charge on any atom is 0.286 e. The minimum Gasteiger partial charge on any atom is -0.341 e. The topological polar surface area (TPSA) is 92.5 Å². The molecule has 0 spiro atoms. The second-order valence-electron chi connectivity index (χ2n) is 6.02. The molecule has 1 fully saturated rings. The zero-order valence-electron chi connectivity index (χ0n) is 13.0. The first-order chi connectivity index (χ1) is 11.6. The van der Waals surface area contributed by atoms with Crippen LogP contribution in [0.3, 0.4) is 0 Å². The van der Waals surface area contributed by atoms with Gasteiger partial charge in [0.25, 0.3) is 10.0 Å². The average Bonchev–Trinajstić information content (AvgIpc) is 3.20. The molecule has 1 aromatic heterocycles. The molecule has 0 saturated carbocycles. The highest BCUT2D eigenvalue weighted by molar-refractivity contribution is 7.90. The quantitative estimate of drug-likeness (QED) is 0.886. The number of fused-ring (bicyclic) bond motifs is 1. The fourth-order valence-corrected chi connectivity index (χ4v) is 4.42. The lowest BCUT2D eigenvalue weighted by Gasteiger charge is -2.26. The molecule has 2 aliphatic rings. The van der Waals surface area contributed by atoms with Crippen molar-refractivity contribution in [3.05, 3.63) is 36.9 Å². The number of anilines is 1. The van der Waals surface area contributed by atoms with Crippen molar-refractivity contribution in [2.75, 3.05) is 18.4 Å². The van der Waals surface area contributed by atoms with Crippen molar-refractivity contribution in [1.82, 2.24) is 19.7 Å². The molecule has 1 aromatic carbocycles. The number of nitrogens with zero attached hydrogens (tertiary/aromatic N) is 5. The van der Waals surface area contributed by atoms with E-state index in [2.05, 4.69) is 24.7 Å². The van der Waals surface area contributed by atoms with Gasteiger partial charge in [-0.25, -0.2) is 4.98 Å². The monoisotopic (exact) mass is 346 g/mol. The molecule has 0 bridgehead atoms. The summed E-state index contributed by atoms with van der Waals surface area (Å²) in [5.41, 5.74) is 0.592. The van der Waals surface area contributed by atoms with Crippen LogP contribution in [0.1, 0.15) is 12.8 Å². The number of para-hydroxylation sites is 1. The Bertz CT molecular complexity index is 862. The van der Waals surface area contributed by atoms with Crippen LogP contribution in [-0.2, 0) is 16.6 Å². The van der Waals surface area contributed by atoms with Gasteiger partial charge >= 0.3 is 0 Å². The summed E-state index contributed by atoms with van der Waals surface area (Å²) in [5, 5.41) is 7.30. The first-order valence-corrected chi connectivity index (χ1v) is 9.32. The molecule has 2 aromatic rings. The van der Waals surface area contributed by atoms with Gasteiger partial charge in [-0.3, -0.25) is 9.58 Å². The molecule has 1 atom stereocenters. The molecule has 1 N–H and O–H groups in total. The molecular weight excluding hydrogens is 328 g/mol. The maximum absolute atomic E-state index is 12.3. The Balaban J connectivity index is 1.52. The van der Waals surface area contributed by atoms with Crippen molar-refractivity contribution in [2.24, 2.45) is 4.40 Å². The lowest BCUT2D eigenvalue weighted by atomic mass is 10.2. The van der Waals surface area contributed by atoms with Crippen molar-refractivity contribution >= 4 is 21.5 Å². The summed E-state index contributed by atoms with van der Waals surface area (Å²) in [4.78, 5) is 6.44. The Kier molecular flexibility index (Phi) is 3.81. The lowest BCUT2D eigenvalue weighted by molar-refractivity contribution is 0.256. The zero-order chi connectivity index (χ0) is 16.6. The third kappa shape index (κ3) is 2.92. The SMILES string of the molecule is O=S1(=O)N=C(CN2CCCC2Cn2cncn2)Nc2ccccc21. The number of aromatic nitrogens is 3. The van der Waals surface area contributed by atoms with Gasteiger partial charge in [-0.1, -0.05) is 12.1 Å². The number of nitrogens with one attached hydrogen (secondary N) is 1. The lowest BCUT2D eigenvalue weighted by Crippen LogP contribution is -2.40. The second-order valence-corrected chi connectivity index (χ2v) is 7.59. The van der Waals surface area contributed by atoms with E-state index in [1.165, 1.54) is 6.33 Å². The van der Waals surface area contributed by atoms with Crippen LogP contribution in [0.4, 0.5) is 5.69 Å². The summed E-state index contributed by atoms with van der Waals surface area (Å²) in [6.45, 7) is 2.14. The molecule has 2 aliphatic heterocycles. The minimum absolute atomic E-state index is 0.231. The number of benzene rings is 1. The second kappa shape index (κ2) is 5.99. The van der Waals surface area contributed by atoms with Crippen LogP contribution in [0.5, 0.6) is 0 Å². The summed E-state index contributed by atoms with van der Waals surface area (Å²) >= 11 is 0. The predicted molar refractivity (Wildman–Crippen MR) is 89.3 cm³/mol. The van der Waals surface area contributed by atoms with E-state index in [9.17, 15) is 8.42 Å². The van der Waals surface area contributed by atoms with E-state index < -0.39 is 10.0 Å². The Labute approximate surface area is 140 Å². The zero-order valence-corrected chi connectivity index (χ0v) is 13.9. The highest BCUT2D eigenvalue weighted by atomic mass is 32.2. The molecule has 8 nitrogen and oxygen atoms in total. The number of hydrogen-bond donors (Lipinski definition) is 1. The Morgan fingerprint density at radius 2 is 2.17 bits per heavy atom. The highest BCUT2D eigenvalue weighted by Crippen LogP contribution is 2.27. The summed E-state index contributed by atoms with van der Waals surface area (Å²) < 4.78 is 30.4. The first kappa shape index (κ1) is 15.3. The smallest absolute Gasteiger partial charge is 0.286 e. The molecule has 0 aliphatic carbocycles. The van der Waals surface area contributed by atoms with Gasteiger partial charge in [0, 0.05) is 6.04 Å². The van der Waals surface area contributed by atoms with Crippen LogP contribution < -0.4 is 5.32 Å². The van der Waals surface area contributed by atoms with Crippen molar-refractivity contribution in [2.45, 2.75) is 30.3 Å². The van der Waals surface area contributed by atoms with Crippen molar-refractivity contribution in [1.29, 1.82) is 0 Å². The van der Waals surface area contributed by atoms with Gasteiger partial charge in [0.2, 0.25) is 0 Å². The van der Waals surface area contributed by atoms with Gasteiger partial charge in [-0.2, -0.15) is 13.5 Å². The summed E-state index contributed by atoms with van der Waals surface area (Å²) in [5.74, 6) is 0.471. The maximum atomic E-state index is 12.3. The van der Waals surface area contributed by atoms with E-state index in [1.807, 2.05) is 10.7 Å². The number of amidine groups is 1. The predicted octanol–water partition coefficient (Wildman–Crippen LogP) is 0.955. The van der Waals surface area contributed by atoms with Gasteiger partial charge in [-0.15, -0.1) is 4.40 Å². The molecule has 3 heterocycles. The van der Waals surface area contributed by atoms with Crippen LogP contribution in [0.15, 0.2) is 46.2 Å². The summed E-state index contributed by atoms with van der Waals surface area (Å²) in [6, 6.07) is 7.15. The van der Waals surface area contributed by atoms with E-state index >= 15 is 0 Å². The largest absolute Gasteiger partial charge is 0.341 e. The van der Waals surface area contributed by atoms with Crippen LogP contribution >= 0.6 is 0 Å². The van der Waals surface area contributed by atoms with Crippen LogP contribution in [0.25, 0.3) is 0 Å². The Hall–Kier alpha value is -2.26. The van der Waals surface area contributed by atoms with Crippen LogP contribution in [0.2, 0.25) is 0 Å². The average molecular weight is 346 g/mol. The first-order valence-electron chi connectivity index (χ1n) is 7.88. The van der Waals surface area contributed by atoms with Gasteiger partial charge in [0.1, 0.15) is 23.4 Å². The van der Waals surface area contributed by atoms with Crippen molar-refractivity contribution < 1.29 is 8.42 Å². The molecule has 0 radical (unpaired) electrons. The fourth-order valence-electron chi connectivity index (χ4n) is 3.28. The van der Waals surface area contributed by atoms with Crippen molar-refractivity contribution in [3.8, 4) is 0 Å². The summed E-state index contributed by atoms with van der Waals surface area (Å²) in [6.07, 6.45) is 5.36. The standard InChI is InChI=1S/C15H18N6O2S/c22-24(23)14-6-2-1-5-13(14)18-15(19-24)9-20-7-3-4-12(20)8-21-11-16-10-17-21/h1-2,5-6,10-12H,3-4,7-9H2,(H,18,19). The Morgan fingerprint density at radius 3 is 3.00 bits per heavy atom. The highest BCUT2D eigenvalue weighted by Gasteiger charge is 2.29. The van der Waals surface area contributed by atoms with E-state index in [1.54, 1.807) is 24.5 Å². The third-order valence-electron chi connectivity index (χ3n) is 4.39. The molecule has 1 saturated heterocycles.